The molecule has 7 heteroatoms. The molecule has 0 aliphatic rings. The first-order chi connectivity index (χ1) is 8.59. The summed E-state index contributed by atoms with van der Waals surface area (Å²) in [7, 11) is 0. The van der Waals surface area contributed by atoms with Crippen molar-refractivity contribution < 1.29 is 9.59 Å². The van der Waals surface area contributed by atoms with Gasteiger partial charge in [-0.1, -0.05) is 20.8 Å². The zero-order valence-electron chi connectivity index (χ0n) is 12.0. The fourth-order valence-electron chi connectivity index (χ4n) is 2.16. The summed E-state index contributed by atoms with van der Waals surface area (Å²) in [4.78, 5) is 23.4. The minimum atomic E-state index is -0.748. The van der Waals surface area contributed by atoms with Gasteiger partial charge in [0.2, 0.25) is 0 Å². The minimum Gasteiger partial charge on any atom is -0.343 e. The molecule has 1 aromatic heterocycles. The van der Waals surface area contributed by atoms with E-state index in [4.69, 9.17) is 0 Å². The molecule has 0 spiro atoms. The fourth-order valence-corrected chi connectivity index (χ4v) is 2.16. The summed E-state index contributed by atoms with van der Waals surface area (Å²) in [6, 6.07) is 0. The Kier molecular flexibility index (Phi) is 4.28. The smallest absolute Gasteiger partial charge is 0.328 e. The van der Waals surface area contributed by atoms with Crippen LogP contribution in [0.2, 0.25) is 0 Å². The van der Waals surface area contributed by atoms with E-state index < -0.39 is 17.4 Å². The maximum Gasteiger partial charge on any atom is 0.328 e. The fraction of sp³-hybridized carbons (Fsp3) is 0.667. The van der Waals surface area contributed by atoms with Crippen molar-refractivity contribution in [3.8, 4) is 0 Å². The van der Waals surface area contributed by atoms with Crippen LogP contribution in [0.5, 0.6) is 0 Å². The van der Waals surface area contributed by atoms with Gasteiger partial charge in [0.05, 0.1) is 0 Å². The molecular weight excluding hydrogens is 246 g/mol. The van der Waals surface area contributed by atoms with Gasteiger partial charge >= 0.3 is 11.8 Å². The van der Waals surface area contributed by atoms with Crippen LogP contribution in [-0.4, -0.2) is 32.2 Å². The molecule has 0 aliphatic carbocycles. The van der Waals surface area contributed by atoms with Gasteiger partial charge in [-0.3, -0.25) is 15.0 Å². The lowest BCUT2D eigenvalue weighted by Gasteiger charge is -2.33. The molecule has 1 aromatic rings. The molecule has 0 atom stereocenters. The van der Waals surface area contributed by atoms with Crippen LogP contribution in [0.15, 0.2) is 12.7 Å². The molecule has 106 valence electrons. The number of nitrogens with zero attached hydrogens (tertiary/aromatic N) is 3. The zero-order chi connectivity index (χ0) is 14.7. The van der Waals surface area contributed by atoms with E-state index in [1.54, 1.807) is 0 Å². The van der Waals surface area contributed by atoms with Gasteiger partial charge in [0.25, 0.3) is 0 Å². The second-order valence-corrected chi connectivity index (χ2v) is 6.39. The third-order valence-corrected chi connectivity index (χ3v) is 2.28. The van der Waals surface area contributed by atoms with Crippen molar-refractivity contribution >= 4 is 11.8 Å². The first-order valence-electron chi connectivity index (χ1n) is 6.07. The molecule has 2 amide bonds. The molecule has 0 radical (unpaired) electrons. The number of hydrogen-bond acceptors (Lipinski definition) is 4. The second-order valence-electron chi connectivity index (χ2n) is 6.39. The molecule has 0 saturated heterocycles. The van der Waals surface area contributed by atoms with Crippen LogP contribution in [0.1, 0.15) is 41.0 Å². The SMILES string of the molecule is CC(C)(C)CC(C)(C)NC(=O)C(=O)Nn1cnnc1. The minimum absolute atomic E-state index is 0.0571. The van der Waals surface area contributed by atoms with Crippen LogP contribution in [0.4, 0.5) is 0 Å². The Hall–Kier alpha value is -1.92. The molecule has 0 aromatic carbocycles. The monoisotopic (exact) mass is 267 g/mol. The summed E-state index contributed by atoms with van der Waals surface area (Å²) >= 11 is 0. The highest BCUT2D eigenvalue weighted by Gasteiger charge is 2.29. The van der Waals surface area contributed by atoms with E-state index in [1.807, 2.05) is 13.8 Å². The Balaban J connectivity index is 2.56. The molecule has 0 saturated carbocycles. The van der Waals surface area contributed by atoms with Crippen molar-refractivity contribution in [3.05, 3.63) is 12.7 Å². The van der Waals surface area contributed by atoms with Crippen molar-refractivity contribution in [2.24, 2.45) is 5.41 Å². The Labute approximate surface area is 112 Å². The normalized spacial score (nSPS) is 12.1. The van der Waals surface area contributed by atoms with Gasteiger partial charge in [-0.15, -0.1) is 10.2 Å². The molecule has 0 unspecified atom stereocenters. The predicted molar refractivity (Wildman–Crippen MR) is 70.7 cm³/mol. The van der Waals surface area contributed by atoms with Crippen molar-refractivity contribution in [1.29, 1.82) is 0 Å². The van der Waals surface area contributed by atoms with Crippen LogP contribution in [0, 0.1) is 5.41 Å². The van der Waals surface area contributed by atoms with Gasteiger partial charge in [0.1, 0.15) is 12.7 Å². The number of nitrogens with one attached hydrogen (secondary N) is 2. The Morgan fingerprint density at radius 3 is 2.05 bits per heavy atom. The van der Waals surface area contributed by atoms with E-state index in [-0.39, 0.29) is 5.41 Å². The summed E-state index contributed by atoms with van der Waals surface area (Å²) < 4.78 is 1.22. The highest BCUT2D eigenvalue weighted by molar-refractivity contribution is 6.38. The molecule has 19 heavy (non-hydrogen) atoms. The number of rotatable bonds is 3. The molecule has 0 aliphatic heterocycles. The van der Waals surface area contributed by atoms with Gasteiger partial charge in [0, 0.05) is 5.54 Å². The van der Waals surface area contributed by atoms with Crippen LogP contribution in [-0.2, 0) is 9.59 Å². The third-order valence-electron chi connectivity index (χ3n) is 2.28. The highest BCUT2D eigenvalue weighted by atomic mass is 16.2. The lowest BCUT2D eigenvalue weighted by Crippen LogP contribution is -2.50. The van der Waals surface area contributed by atoms with Crippen LogP contribution in [0.3, 0.4) is 0 Å². The standard InChI is InChI=1S/C12H21N5O2/c1-11(2,3)6-12(4,5)15-9(18)10(19)16-17-7-13-14-8-17/h7-8H,6H2,1-5H3,(H,15,18)(H,16,19). The molecule has 1 rings (SSSR count). The Morgan fingerprint density at radius 1 is 1.05 bits per heavy atom. The zero-order valence-corrected chi connectivity index (χ0v) is 12.0. The summed E-state index contributed by atoms with van der Waals surface area (Å²) in [5, 5.41) is 9.77. The molecule has 0 bridgehead atoms. The van der Waals surface area contributed by atoms with Crippen molar-refractivity contribution in [2.45, 2.75) is 46.6 Å². The summed E-state index contributed by atoms with van der Waals surface area (Å²) in [6.45, 7) is 10.0. The van der Waals surface area contributed by atoms with E-state index in [0.29, 0.717) is 0 Å². The number of aromatic nitrogens is 3. The average molecular weight is 267 g/mol. The number of amides is 2. The van der Waals surface area contributed by atoms with E-state index >= 15 is 0 Å². The van der Waals surface area contributed by atoms with Gasteiger partial charge in [-0.2, -0.15) is 0 Å². The summed E-state index contributed by atoms with van der Waals surface area (Å²) in [5.41, 5.74) is 1.95. The van der Waals surface area contributed by atoms with E-state index in [9.17, 15) is 9.59 Å². The number of hydrogen-bond donors (Lipinski definition) is 2. The van der Waals surface area contributed by atoms with E-state index in [1.165, 1.54) is 17.3 Å². The predicted octanol–water partition coefficient (Wildman–Crippen LogP) is 0.679. The largest absolute Gasteiger partial charge is 0.343 e. The number of carbonyl (C=O) groups is 2. The maximum absolute atomic E-state index is 11.8. The Bertz CT molecular complexity index is 445. The van der Waals surface area contributed by atoms with E-state index in [2.05, 4.69) is 41.7 Å². The summed E-state index contributed by atoms with van der Waals surface area (Å²) in [5.74, 6) is -1.43. The molecule has 2 N–H and O–H groups in total. The average Bonchev–Trinajstić information content (AvgIpc) is 2.65. The molecule has 0 fully saturated rings. The highest BCUT2D eigenvalue weighted by Crippen LogP contribution is 2.26. The third kappa shape index (κ3) is 5.50. The van der Waals surface area contributed by atoms with Crippen molar-refractivity contribution in [1.82, 2.24) is 20.2 Å². The molecule has 1 heterocycles. The maximum atomic E-state index is 11.8. The van der Waals surface area contributed by atoms with Crippen molar-refractivity contribution in [2.75, 3.05) is 5.43 Å². The molecule has 7 nitrogen and oxygen atoms in total. The van der Waals surface area contributed by atoms with E-state index in [0.717, 1.165) is 6.42 Å². The molecular formula is C12H21N5O2. The van der Waals surface area contributed by atoms with Crippen LogP contribution in [0.25, 0.3) is 0 Å². The topological polar surface area (TPSA) is 88.9 Å². The van der Waals surface area contributed by atoms with Gasteiger partial charge in [0.15, 0.2) is 0 Å². The Morgan fingerprint density at radius 2 is 1.58 bits per heavy atom. The van der Waals surface area contributed by atoms with Crippen LogP contribution < -0.4 is 10.7 Å². The van der Waals surface area contributed by atoms with Gasteiger partial charge in [-0.05, 0) is 25.7 Å². The lowest BCUT2D eigenvalue weighted by atomic mass is 9.82. The van der Waals surface area contributed by atoms with Gasteiger partial charge < -0.3 is 5.32 Å². The summed E-state index contributed by atoms with van der Waals surface area (Å²) in [6.07, 6.45) is 3.35. The first kappa shape index (κ1) is 15.1. The quantitative estimate of drug-likeness (QED) is 0.788. The van der Waals surface area contributed by atoms with Crippen LogP contribution >= 0.6 is 0 Å². The second kappa shape index (κ2) is 5.38. The van der Waals surface area contributed by atoms with Crippen molar-refractivity contribution in [3.63, 3.8) is 0 Å². The van der Waals surface area contributed by atoms with Gasteiger partial charge in [-0.25, -0.2) is 4.68 Å². The lowest BCUT2D eigenvalue weighted by molar-refractivity contribution is -0.137. The first-order valence-corrected chi connectivity index (χ1v) is 6.07. The number of carbonyl (C=O) groups excluding carboxylic acids is 2.